The molecule has 0 unspecified atom stereocenters. The number of imidazole rings is 1. The first-order valence-electron chi connectivity index (χ1n) is 10.7. The molecule has 2 aromatic heterocycles. The Morgan fingerprint density at radius 1 is 1.18 bits per heavy atom. The van der Waals surface area contributed by atoms with Crippen LogP contribution in [0, 0.1) is 3.57 Å². The largest absolute Gasteiger partial charge is 0.491 e. The lowest BCUT2D eigenvalue weighted by molar-refractivity contribution is -0.129. The number of benzene rings is 2. The van der Waals surface area contributed by atoms with Crippen LogP contribution in [0.25, 0.3) is 11.0 Å². The zero-order valence-corrected chi connectivity index (χ0v) is 20.9. The van der Waals surface area contributed by atoms with E-state index in [1.807, 2.05) is 35.7 Å². The predicted molar refractivity (Wildman–Crippen MR) is 137 cm³/mol. The highest BCUT2D eigenvalue weighted by atomic mass is 127. The molecule has 0 aliphatic carbocycles. The average Bonchev–Trinajstić information content (AvgIpc) is 3.56. The molecule has 2 atom stereocenters. The van der Waals surface area contributed by atoms with E-state index in [0.717, 1.165) is 19.5 Å². The van der Waals surface area contributed by atoms with Crippen LogP contribution in [0.1, 0.15) is 28.3 Å². The number of aliphatic hydroxyl groups excluding tert-OH is 1. The molecule has 1 fully saturated rings. The fourth-order valence-corrected chi connectivity index (χ4v) is 5.26. The normalized spacial score (nSPS) is 16.8. The molecule has 174 valence electrons. The van der Waals surface area contributed by atoms with E-state index < -0.39 is 18.1 Å². The maximum absolute atomic E-state index is 13.5. The summed E-state index contributed by atoms with van der Waals surface area (Å²) in [6.07, 6.45) is 0.467. The molecule has 3 N–H and O–H groups in total. The van der Waals surface area contributed by atoms with E-state index in [4.69, 9.17) is 14.8 Å². The molecule has 1 saturated heterocycles. The van der Waals surface area contributed by atoms with E-state index in [1.165, 1.54) is 4.90 Å². The zero-order valence-electron chi connectivity index (χ0n) is 17.9. The van der Waals surface area contributed by atoms with Crippen LogP contribution in [0.5, 0.6) is 5.75 Å². The number of urea groups is 1. The van der Waals surface area contributed by atoms with Crippen LogP contribution in [-0.4, -0.2) is 45.1 Å². The van der Waals surface area contributed by atoms with Crippen molar-refractivity contribution in [3.05, 3.63) is 79.8 Å². The first-order chi connectivity index (χ1) is 16.5. The molecule has 0 bridgehead atoms. The number of aromatic nitrogens is 2. The van der Waals surface area contributed by atoms with Gasteiger partial charge in [-0.05, 0) is 69.9 Å². The lowest BCUT2D eigenvalue weighted by Gasteiger charge is -2.23. The number of carbonyl (C=O) groups is 2. The second kappa shape index (κ2) is 9.72. The summed E-state index contributed by atoms with van der Waals surface area (Å²) in [7, 11) is 0. The predicted octanol–water partition coefficient (Wildman–Crippen LogP) is 4.18. The molecule has 2 aromatic carbocycles. The van der Waals surface area contributed by atoms with Crippen LogP contribution in [-0.2, 0) is 11.2 Å². The maximum atomic E-state index is 13.5. The van der Waals surface area contributed by atoms with Crippen LogP contribution >= 0.6 is 33.9 Å². The number of fused-ring (bicyclic) bond motifs is 1. The number of hydrogen-bond donors (Lipinski definition) is 3. The highest BCUT2D eigenvalue weighted by molar-refractivity contribution is 14.1. The molecule has 3 heterocycles. The minimum Gasteiger partial charge on any atom is -0.491 e. The minimum absolute atomic E-state index is 0.0829. The van der Waals surface area contributed by atoms with E-state index in [2.05, 4.69) is 32.9 Å². The van der Waals surface area contributed by atoms with E-state index in [-0.39, 0.29) is 19.1 Å². The maximum Gasteiger partial charge on any atom is 0.325 e. The molecule has 4 aromatic rings. The quantitative estimate of drug-likeness (QED) is 0.212. The van der Waals surface area contributed by atoms with Crippen molar-refractivity contribution >= 4 is 56.9 Å². The standard InChI is InChI=1S/C24H21IN4O4S/c25-15-5-8-18-19(12-15)27-22(26-18)20(13-17-2-1-11-34-17)29-23(31)21(28-24(29)32)14-3-6-16(7-4-14)33-10-9-30/h1-8,11-12,20-21,30H,9-10,13H2,(H,26,27)(H,28,32)/t20-,21+/m1/s1. The molecule has 1 aliphatic heterocycles. The summed E-state index contributed by atoms with van der Waals surface area (Å²) >= 11 is 3.82. The van der Waals surface area contributed by atoms with Crippen LogP contribution in [0.2, 0.25) is 0 Å². The number of thiophene rings is 1. The Balaban J connectivity index is 1.46. The third kappa shape index (κ3) is 4.52. The van der Waals surface area contributed by atoms with Gasteiger partial charge in [0.25, 0.3) is 5.91 Å². The van der Waals surface area contributed by atoms with Gasteiger partial charge in [-0.1, -0.05) is 18.2 Å². The van der Waals surface area contributed by atoms with Crippen LogP contribution in [0.3, 0.4) is 0 Å². The Morgan fingerprint density at radius 2 is 2.00 bits per heavy atom. The Hall–Kier alpha value is -2.96. The van der Waals surface area contributed by atoms with Gasteiger partial charge in [-0.2, -0.15) is 0 Å². The molecule has 5 rings (SSSR count). The van der Waals surface area contributed by atoms with Gasteiger partial charge in [0.2, 0.25) is 0 Å². The number of nitrogens with one attached hydrogen (secondary N) is 2. The van der Waals surface area contributed by atoms with Crippen LogP contribution < -0.4 is 10.1 Å². The van der Waals surface area contributed by atoms with Gasteiger partial charge in [-0.25, -0.2) is 9.78 Å². The molecule has 0 spiro atoms. The van der Waals surface area contributed by atoms with Gasteiger partial charge in [0.15, 0.2) is 0 Å². The summed E-state index contributed by atoms with van der Waals surface area (Å²) in [6, 6.07) is 14.9. The fourth-order valence-electron chi connectivity index (χ4n) is 4.02. The van der Waals surface area contributed by atoms with Gasteiger partial charge in [0.05, 0.1) is 17.6 Å². The van der Waals surface area contributed by atoms with Crippen molar-refractivity contribution in [2.24, 2.45) is 0 Å². The van der Waals surface area contributed by atoms with Crippen molar-refractivity contribution < 1.29 is 19.4 Å². The molecule has 0 saturated carbocycles. The van der Waals surface area contributed by atoms with Crippen molar-refractivity contribution in [2.75, 3.05) is 13.2 Å². The lowest BCUT2D eigenvalue weighted by atomic mass is 10.1. The molecular weight excluding hydrogens is 567 g/mol. The van der Waals surface area contributed by atoms with Crippen molar-refractivity contribution in [3.8, 4) is 5.75 Å². The number of aliphatic hydroxyl groups is 1. The topological polar surface area (TPSA) is 108 Å². The number of carbonyl (C=O) groups excluding carboxylic acids is 2. The zero-order chi connectivity index (χ0) is 23.7. The molecule has 1 aliphatic rings. The summed E-state index contributed by atoms with van der Waals surface area (Å²) in [4.78, 5) is 37.0. The molecular formula is C24H21IN4O4S. The number of amides is 3. The summed E-state index contributed by atoms with van der Waals surface area (Å²) in [6.45, 7) is 0.105. The summed E-state index contributed by atoms with van der Waals surface area (Å²) in [5, 5.41) is 13.7. The third-order valence-corrected chi connectivity index (χ3v) is 7.18. The SMILES string of the molecule is O=C1N[C@@H](c2ccc(OCCO)cc2)C(=O)N1[C@H](Cc1cccs1)c1nc2ccc(I)cc2[nH]1. The van der Waals surface area contributed by atoms with Crippen LogP contribution in [0.4, 0.5) is 4.79 Å². The molecule has 3 amide bonds. The van der Waals surface area contributed by atoms with E-state index in [1.54, 1.807) is 35.6 Å². The second-order valence-corrected chi connectivity index (χ2v) is 10.1. The molecule has 10 heteroatoms. The van der Waals surface area contributed by atoms with Crippen molar-refractivity contribution in [2.45, 2.75) is 18.5 Å². The lowest BCUT2D eigenvalue weighted by Crippen LogP contribution is -2.36. The Labute approximate surface area is 213 Å². The fraction of sp³-hybridized carbons (Fsp3) is 0.208. The molecule has 0 radical (unpaired) electrons. The van der Waals surface area contributed by atoms with Crippen molar-refractivity contribution in [1.29, 1.82) is 0 Å². The number of nitrogens with zero attached hydrogens (tertiary/aromatic N) is 2. The number of imide groups is 1. The average molecular weight is 588 g/mol. The number of H-pyrrole nitrogens is 1. The van der Waals surface area contributed by atoms with E-state index >= 15 is 0 Å². The van der Waals surface area contributed by atoms with Gasteiger partial charge >= 0.3 is 6.03 Å². The van der Waals surface area contributed by atoms with Gasteiger partial charge < -0.3 is 20.1 Å². The van der Waals surface area contributed by atoms with Gasteiger partial charge in [-0.15, -0.1) is 11.3 Å². The monoisotopic (exact) mass is 588 g/mol. The van der Waals surface area contributed by atoms with E-state index in [9.17, 15) is 9.59 Å². The smallest absolute Gasteiger partial charge is 0.325 e. The third-order valence-electron chi connectivity index (χ3n) is 5.61. The number of rotatable bonds is 8. The Morgan fingerprint density at radius 3 is 2.74 bits per heavy atom. The number of hydrogen-bond acceptors (Lipinski definition) is 6. The minimum atomic E-state index is -0.796. The Kier molecular flexibility index (Phi) is 6.53. The highest BCUT2D eigenvalue weighted by Crippen LogP contribution is 2.33. The summed E-state index contributed by atoms with van der Waals surface area (Å²) in [5.74, 6) is 0.826. The van der Waals surface area contributed by atoms with E-state index in [0.29, 0.717) is 23.6 Å². The first kappa shape index (κ1) is 22.8. The second-order valence-electron chi connectivity index (χ2n) is 7.81. The first-order valence-corrected chi connectivity index (χ1v) is 12.6. The van der Waals surface area contributed by atoms with Gasteiger partial charge in [-0.3, -0.25) is 9.69 Å². The molecule has 8 nitrogen and oxygen atoms in total. The highest BCUT2D eigenvalue weighted by Gasteiger charge is 2.44. The number of ether oxygens (including phenoxy) is 1. The summed E-state index contributed by atoms with van der Waals surface area (Å²) in [5.41, 5.74) is 2.31. The van der Waals surface area contributed by atoms with Crippen LogP contribution in [0.15, 0.2) is 60.0 Å². The van der Waals surface area contributed by atoms with Crippen molar-refractivity contribution in [3.63, 3.8) is 0 Å². The Bertz CT molecular complexity index is 1320. The number of halogens is 1. The van der Waals surface area contributed by atoms with Gasteiger partial charge in [0.1, 0.15) is 30.3 Å². The van der Waals surface area contributed by atoms with Gasteiger partial charge in [0, 0.05) is 14.9 Å². The van der Waals surface area contributed by atoms with Crippen molar-refractivity contribution in [1.82, 2.24) is 20.2 Å². The molecule has 34 heavy (non-hydrogen) atoms. The number of aromatic amines is 1. The summed E-state index contributed by atoms with van der Waals surface area (Å²) < 4.78 is 6.46.